The number of fused-ring (bicyclic) bond motifs is 12. The molecule has 0 aliphatic heterocycles. The van der Waals surface area contributed by atoms with Crippen LogP contribution in [-0.2, 0) is 0 Å². The van der Waals surface area contributed by atoms with E-state index < -0.39 is 0 Å². The van der Waals surface area contributed by atoms with Gasteiger partial charge >= 0.3 is 0 Å². The van der Waals surface area contributed by atoms with Crippen molar-refractivity contribution in [3.8, 4) is 44.5 Å². The fraction of sp³-hybridized carbons (Fsp3) is 0. The van der Waals surface area contributed by atoms with Crippen LogP contribution >= 0.6 is 0 Å². The Kier molecular flexibility index (Phi) is 7.37. The predicted molar refractivity (Wildman–Crippen MR) is 260 cm³/mol. The smallest absolute Gasteiger partial charge is 0.143 e. The highest BCUT2D eigenvalue weighted by molar-refractivity contribution is 6.32. The summed E-state index contributed by atoms with van der Waals surface area (Å²) < 4.78 is 6.80. The van der Waals surface area contributed by atoms with Crippen LogP contribution in [0.25, 0.3) is 131 Å². The van der Waals surface area contributed by atoms with Gasteiger partial charge in [0.15, 0.2) is 0 Å². The van der Waals surface area contributed by atoms with E-state index in [-0.39, 0.29) is 0 Å². The number of rotatable bonds is 4. The van der Waals surface area contributed by atoms with Gasteiger partial charge in [-0.15, -0.1) is 0 Å². The quantitative estimate of drug-likeness (QED) is 0.128. The molecule has 0 aliphatic rings. The molecule has 0 saturated heterocycles. The summed E-state index contributed by atoms with van der Waals surface area (Å²) >= 11 is 0. The van der Waals surface area contributed by atoms with Gasteiger partial charge in [-0.1, -0.05) is 212 Å². The van der Waals surface area contributed by atoms with Gasteiger partial charge in [0.05, 0.1) is 0 Å². The monoisotopic (exact) mass is 772 g/mol. The molecule has 0 unspecified atom stereocenters. The van der Waals surface area contributed by atoms with Crippen molar-refractivity contribution in [1.29, 1.82) is 0 Å². The van der Waals surface area contributed by atoms with E-state index in [1.165, 1.54) is 98.0 Å². The Morgan fingerprint density at radius 2 is 0.607 bits per heavy atom. The molecule has 61 heavy (non-hydrogen) atoms. The molecule has 0 spiro atoms. The second-order valence-electron chi connectivity index (χ2n) is 16.2. The Bertz CT molecular complexity index is 3830. The number of benzene rings is 12. The van der Waals surface area contributed by atoms with Crippen LogP contribution in [0.2, 0.25) is 0 Å². The maximum atomic E-state index is 6.80. The summed E-state index contributed by atoms with van der Waals surface area (Å²) in [5.41, 5.74) is 11.3. The maximum absolute atomic E-state index is 6.80. The lowest BCUT2D eigenvalue weighted by molar-refractivity contribution is 0.670. The molecular weight excluding hydrogens is 737 g/mol. The molecule has 12 aromatic carbocycles. The molecule has 1 nitrogen and oxygen atoms in total. The predicted octanol–water partition coefficient (Wildman–Crippen LogP) is 17.2. The highest BCUT2D eigenvalue weighted by Gasteiger charge is 2.25. The van der Waals surface area contributed by atoms with E-state index in [0.29, 0.717) is 0 Å². The Balaban J connectivity index is 1.21. The lowest BCUT2D eigenvalue weighted by Gasteiger charge is -2.23. The zero-order valence-electron chi connectivity index (χ0n) is 33.2. The zero-order chi connectivity index (χ0) is 40.0. The maximum Gasteiger partial charge on any atom is 0.143 e. The standard InChI is InChI=1S/C60H36O/c1-2-19-38-37(17-1)18-13-29-39(38)46-31-14-32-51(53-34-16-33-52-43-23-11-12-36-55(43)61-60(52)53)58(46)59-49-27-9-7-25-47(49)57(48-26-8-10-28-50(48)59)54-35-15-30-45-42-21-4-3-20-40(42)41-22-5-6-24-44(41)56(45)54/h1-36H. The molecule has 282 valence electrons. The number of furan rings is 1. The van der Waals surface area contributed by atoms with Gasteiger partial charge in [-0.05, 0) is 110 Å². The van der Waals surface area contributed by atoms with Crippen molar-refractivity contribution >= 4 is 86.6 Å². The van der Waals surface area contributed by atoms with Crippen LogP contribution in [0.4, 0.5) is 0 Å². The average molecular weight is 773 g/mol. The molecule has 0 radical (unpaired) electrons. The first kappa shape index (κ1) is 33.9. The summed E-state index contributed by atoms with van der Waals surface area (Å²) in [4.78, 5) is 0. The molecule has 0 amide bonds. The molecule has 0 bridgehead atoms. The number of hydrogen-bond donors (Lipinski definition) is 0. The van der Waals surface area contributed by atoms with Crippen LogP contribution in [0.15, 0.2) is 223 Å². The van der Waals surface area contributed by atoms with Crippen molar-refractivity contribution in [3.63, 3.8) is 0 Å². The molecule has 1 heteroatoms. The minimum atomic E-state index is 0.896. The molecule has 1 aromatic heterocycles. The zero-order valence-corrected chi connectivity index (χ0v) is 33.2. The fourth-order valence-electron chi connectivity index (χ4n) is 10.5. The largest absolute Gasteiger partial charge is 0.455 e. The van der Waals surface area contributed by atoms with Crippen LogP contribution in [0.5, 0.6) is 0 Å². The Hall–Kier alpha value is -8.00. The lowest BCUT2D eigenvalue weighted by Crippen LogP contribution is -1.96. The average Bonchev–Trinajstić information content (AvgIpc) is 3.72. The van der Waals surface area contributed by atoms with Crippen molar-refractivity contribution in [2.75, 3.05) is 0 Å². The van der Waals surface area contributed by atoms with Gasteiger partial charge < -0.3 is 4.42 Å². The minimum absolute atomic E-state index is 0.896. The van der Waals surface area contributed by atoms with Crippen LogP contribution < -0.4 is 0 Å². The summed E-state index contributed by atoms with van der Waals surface area (Å²) in [7, 11) is 0. The van der Waals surface area contributed by atoms with Gasteiger partial charge in [-0.3, -0.25) is 0 Å². The second kappa shape index (κ2) is 13.3. The Morgan fingerprint density at radius 3 is 1.28 bits per heavy atom. The van der Waals surface area contributed by atoms with E-state index >= 15 is 0 Å². The van der Waals surface area contributed by atoms with Gasteiger partial charge in [0.2, 0.25) is 0 Å². The van der Waals surface area contributed by atoms with Crippen LogP contribution in [-0.4, -0.2) is 0 Å². The van der Waals surface area contributed by atoms with Gasteiger partial charge in [0, 0.05) is 16.3 Å². The van der Waals surface area contributed by atoms with Gasteiger partial charge in [0.1, 0.15) is 11.2 Å². The third-order valence-electron chi connectivity index (χ3n) is 13.1. The first-order chi connectivity index (χ1) is 30.3. The fourth-order valence-corrected chi connectivity index (χ4v) is 10.5. The summed E-state index contributed by atoms with van der Waals surface area (Å²) in [5.74, 6) is 0. The van der Waals surface area contributed by atoms with Crippen molar-refractivity contribution in [3.05, 3.63) is 218 Å². The molecule has 1 heterocycles. The molecule has 0 aliphatic carbocycles. The lowest BCUT2D eigenvalue weighted by atomic mass is 9.79. The summed E-state index contributed by atoms with van der Waals surface area (Å²) in [6.07, 6.45) is 0. The third kappa shape index (κ3) is 4.95. The second-order valence-corrected chi connectivity index (χ2v) is 16.2. The summed E-state index contributed by atoms with van der Waals surface area (Å²) in [5, 5.41) is 17.2. The number of hydrogen-bond acceptors (Lipinski definition) is 1. The first-order valence-electron chi connectivity index (χ1n) is 21.1. The summed E-state index contributed by atoms with van der Waals surface area (Å²) in [6.45, 7) is 0. The molecule has 0 N–H and O–H groups in total. The van der Waals surface area contributed by atoms with E-state index in [1.54, 1.807) is 0 Å². The third-order valence-corrected chi connectivity index (χ3v) is 13.1. The molecule has 0 atom stereocenters. The molecular formula is C60H36O. The molecule has 0 saturated carbocycles. The van der Waals surface area contributed by atoms with E-state index in [2.05, 4.69) is 218 Å². The first-order valence-corrected chi connectivity index (χ1v) is 21.1. The van der Waals surface area contributed by atoms with Crippen molar-refractivity contribution in [1.82, 2.24) is 0 Å². The van der Waals surface area contributed by atoms with Crippen LogP contribution in [0.1, 0.15) is 0 Å². The molecule has 13 aromatic rings. The van der Waals surface area contributed by atoms with E-state index in [1.807, 2.05) is 0 Å². The normalized spacial score (nSPS) is 11.9. The summed E-state index contributed by atoms with van der Waals surface area (Å²) in [6, 6.07) is 80.2. The van der Waals surface area contributed by atoms with E-state index in [0.717, 1.165) is 33.1 Å². The molecule has 0 fully saturated rings. The Morgan fingerprint density at radius 1 is 0.213 bits per heavy atom. The highest BCUT2D eigenvalue weighted by Crippen LogP contribution is 2.52. The highest BCUT2D eigenvalue weighted by atomic mass is 16.3. The molecule has 13 rings (SSSR count). The van der Waals surface area contributed by atoms with Crippen LogP contribution in [0, 0.1) is 0 Å². The van der Waals surface area contributed by atoms with Gasteiger partial charge in [-0.25, -0.2) is 0 Å². The minimum Gasteiger partial charge on any atom is -0.455 e. The van der Waals surface area contributed by atoms with Crippen LogP contribution in [0.3, 0.4) is 0 Å². The van der Waals surface area contributed by atoms with E-state index in [9.17, 15) is 0 Å². The van der Waals surface area contributed by atoms with Crippen molar-refractivity contribution < 1.29 is 4.42 Å². The van der Waals surface area contributed by atoms with E-state index in [4.69, 9.17) is 4.42 Å². The van der Waals surface area contributed by atoms with Crippen molar-refractivity contribution in [2.45, 2.75) is 0 Å². The van der Waals surface area contributed by atoms with Crippen molar-refractivity contribution in [2.24, 2.45) is 0 Å². The topological polar surface area (TPSA) is 13.1 Å². The number of para-hydroxylation sites is 2. The SMILES string of the molecule is c1cc(-c2cccc3ccccc23)c(-c2c3ccccc3c(-c3cccc4c5ccccc5c5ccccc5c34)c3ccccc23)c(-c2cccc3c2oc2ccccc23)c1. The van der Waals surface area contributed by atoms with Gasteiger partial charge in [0.25, 0.3) is 0 Å². The Labute approximate surface area is 352 Å². The van der Waals surface area contributed by atoms with Gasteiger partial charge in [-0.2, -0.15) is 0 Å².